The number of nitrogens with zero attached hydrogens (tertiary/aromatic N) is 2. The SMILES string of the molecule is COC(=O)c1c(Cl)cncc1-c1cccnc1. The highest BCUT2D eigenvalue weighted by Crippen LogP contribution is 2.27. The largest absolute Gasteiger partial charge is 0.465 e. The molecule has 0 aliphatic rings. The molecule has 0 aromatic carbocycles. The first-order valence-electron chi connectivity index (χ1n) is 4.86. The van der Waals surface area contributed by atoms with Crippen molar-refractivity contribution in [2.24, 2.45) is 0 Å². The summed E-state index contributed by atoms with van der Waals surface area (Å²) in [4.78, 5) is 19.6. The summed E-state index contributed by atoms with van der Waals surface area (Å²) in [7, 11) is 1.31. The smallest absolute Gasteiger partial charge is 0.340 e. The van der Waals surface area contributed by atoms with Crippen LogP contribution in [0.15, 0.2) is 36.9 Å². The van der Waals surface area contributed by atoms with Crippen LogP contribution in [0.3, 0.4) is 0 Å². The second-order valence-electron chi connectivity index (χ2n) is 3.28. The van der Waals surface area contributed by atoms with Crippen molar-refractivity contribution >= 4 is 17.6 Å². The van der Waals surface area contributed by atoms with Gasteiger partial charge in [0.25, 0.3) is 0 Å². The first kappa shape index (κ1) is 11.5. The van der Waals surface area contributed by atoms with E-state index in [-0.39, 0.29) is 5.02 Å². The number of methoxy groups -OCH3 is 1. The molecule has 2 aromatic rings. The van der Waals surface area contributed by atoms with E-state index >= 15 is 0 Å². The number of rotatable bonds is 2. The van der Waals surface area contributed by atoms with Crippen LogP contribution >= 0.6 is 11.6 Å². The minimum atomic E-state index is -0.490. The zero-order valence-electron chi connectivity index (χ0n) is 9.05. The van der Waals surface area contributed by atoms with Crippen LogP contribution in [0.4, 0.5) is 0 Å². The van der Waals surface area contributed by atoms with Crippen LogP contribution in [0.2, 0.25) is 5.02 Å². The van der Waals surface area contributed by atoms with E-state index in [0.717, 1.165) is 5.56 Å². The zero-order chi connectivity index (χ0) is 12.3. The third kappa shape index (κ3) is 2.26. The number of hydrogen-bond donors (Lipinski definition) is 0. The Hall–Kier alpha value is -1.94. The molecule has 2 heterocycles. The van der Waals surface area contributed by atoms with Gasteiger partial charge in [-0.25, -0.2) is 4.79 Å². The van der Waals surface area contributed by atoms with Gasteiger partial charge in [0, 0.05) is 35.9 Å². The Morgan fingerprint density at radius 1 is 1.29 bits per heavy atom. The van der Waals surface area contributed by atoms with E-state index in [1.807, 2.05) is 6.07 Å². The fourth-order valence-electron chi connectivity index (χ4n) is 1.49. The molecule has 0 N–H and O–H groups in total. The van der Waals surface area contributed by atoms with Gasteiger partial charge in [0.15, 0.2) is 0 Å². The van der Waals surface area contributed by atoms with E-state index in [1.165, 1.54) is 13.3 Å². The van der Waals surface area contributed by atoms with E-state index in [0.29, 0.717) is 11.1 Å². The summed E-state index contributed by atoms with van der Waals surface area (Å²) >= 11 is 5.97. The molecular weight excluding hydrogens is 240 g/mol. The Bertz CT molecular complexity index is 543. The highest BCUT2D eigenvalue weighted by atomic mass is 35.5. The van der Waals surface area contributed by atoms with Crippen LogP contribution in [0.1, 0.15) is 10.4 Å². The van der Waals surface area contributed by atoms with Crippen molar-refractivity contribution < 1.29 is 9.53 Å². The fraction of sp³-hybridized carbons (Fsp3) is 0.0833. The number of pyridine rings is 2. The third-order valence-corrected chi connectivity index (χ3v) is 2.55. The Labute approximate surface area is 103 Å². The van der Waals surface area contributed by atoms with Gasteiger partial charge in [-0.1, -0.05) is 17.7 Å². The van der Waals surface area contributed by atoms with E-state index in [9.17, 15) is 4.79 Å². The molecule has 0 spiro atoms. The van der Waals surface area contributed by atoms with Crippen molar-refractivity contribution in [1.82, 2.24) is 9.97 Å². The van der Waals surface area contributed by atoms with E-state index in [1.54, 1.807) is 24.7 Å². The second-order valence-corrected chi connectivity index (χ2v) is 3.68. The van der Waals surface area contributed by atoms with Crippen molar-refractivity contribution in [2.45, 2.75) is 0 Å². The predicted octanol–water partition coefficient (Wildman–Crippen LogP) is 2.58. The molecule has 17 heavy (non-hydrogen) atoms. The average Bonchev–Trinajstić information content (AvgIpc) is 2.38. The van der Waals surface area contributed by atoms with Crippen molar-refractivity contribution in [1.29, 1.82) is 0 Å². The first-order chi connectivity index (χ1) is 8.24. The minimum absolute atomic E-state index is 0.262. The summed E-state index contributed by atoms with van der Waals surface area (Å²) in [6, 6.07) is 3.60. The molecule has 0 saturated carbocycles. The molecule has 0 fully saturated rings. The first-order valence-corrected chi connectivity index (χ1v) is 5.24. The lowest BCUT2D eigenvalue weighted by Crippen LogP contribution is -2.05. The monoisotopic (exact) mass is 248 g/mol. The maximum atomic E-state index is 11.7. The highest BCUT2D eigenvalue weighted by molar-refractivity contribution is 6.34. The van der Waals surface area contributed by atoms with Crippen molar-refractivity contribution in [3.05, 3.63) is 47.5 Å². The second kappa shape index (κ2) is 4.93. The van der Waals surface area contributed by atoms with E-state index < -0.39 is 5.97 Å². The molecule has 2 aromatic heterocycles. The van der Waals surface area contributed by atoms with Crippen LogP contribution in [0, 0.1) is 0 Å². The molecule has 0 aliphatic carbocycles. The molecule has 0 bridgehead atoms. The number of halogens is 1. The van der Waals surface area contributed by atoms with Crippen molar-refractivity contribution in [3.8, 4) is 11.1 Å². The van der Waals surface area contributed by atoms with E-state index in [2.05, 4.69) is 9.97 Å². The van der Waals surface area contributed by atoms with Crippen LogP contribution < -0.4 is 0 Å². The third-order valence-electron chi connectivity index (χ3n) is 2.26. The minimum Gasteiger partial charge on any atom is -0.465 e. The zero-order valence-corrected chi connectivity index (χ0v) is 9.81. The maximum Gasteiger partial charge on any atom is 0.340 e. The Balaban J connectivity index is 2.62. The van der Waals surface area contributed by atoms with Gasteiger partial charge < -0.3 is 4.74 Å². The Kier molecular flexibility index (Phi) is 3.35. The molecular formula is C12H9ClN2O2. The Morgan fingerprint density at radius 2 is 2.12 bits per heavy atom. The van der Waals surface area contributed by atoms with Gasteiger partial charge in [-0.3, -0.25) is 9.97 Å². The summed E-state index contributed by atoms with van der Waals surface area (Å²) in [6.07, 6.45) is 6.27. The summed E-state index contributed by atoms with van der Waals surface area (Å²) in [5.74, 6) is -0.490. The van der Waals surface area contributed by atoms with Gasteiger partial charge in [-0.2, -0.15) is 0 Å². The lowest BCUT2D eigenvalue weighted by molar-refractivity contribution is 0.0601. The summed E-state index contributed by atoms with van der Waals surface area (Å²) in [5, 5.41) is 0.262. The van der Waals surface area contributed by atoms with Gasteiger partial charge in [-0.05, 0) is 6.07 Å². The molecule has 0 radical (unpaired) electrons. The summed E-state index contributed by atoms with van der Waals surface area (Å²) in [6.45, 7) is 0. The Morgan fingerprint density at radius 3 is 2.76 bits per heavy atom. The predicted molar refractivity (Wildman–Crippen MR) is 63.8 cm³/mol. The lowest BCUT2D eigenvalue weighted by atomic mass is 10.0. The number of carbonyl (C=O) groups excluding carboxylic acids is 1. The normalized spacial score (nSPS) is 10.0. The van der Waals surface area contributed by atoms with Gasteiger partial charge in [0.2, 0.25) is 0 Å². The number of aromatic nitrogens is 2. The van der Waals surface area contributed by atoms with Crippen LogP contribution in [0.5, 0.6) is 0 Å². The maximum absolute atomic E-state index is 11.7. The molecule has 0 amide bonds. The van der Waals surface area contributed by atoms with Gasteiger partial charge in [0.05, 0.1) is 17.7 Å². The van der Waals surface area contributed by atoms with Crippen molar-refractivity contribution in [3.63, 3.8) is 0 Å². The number of esters is 1. The topological polar surface area (TPSA) is 52.1 Å². The van der Waals surface area contributed by atoms with Gasteiger partial charge >= 0.3 is 5.97 Å². The number of hydrogen-bond acceptors (Lipinski definition) is 4. The molecule has 86 valence electrons. The molecule has 0 unspecified atom stereocenters. The summed E-state index contributed by atoms with van der Waals surface area (Å²) in [5.41, 5.74) is 1.68. The molecule has 0 aliphatic heterocycles. The van der Waals surface area contributed by atoms with Gasteiger partial charge in [0.1, 0.15) is 0 Å². The van der Waals surface area contributed by atoms with Crippen LogP contribution in [-0.4, -0.2) is 23.0 Å². The molecule has 0 saturated heterocycles. The van der Waals surface area contributed by atoms with E-state index in [4.69, 9.17) is 16.3 Å². The molecule has 0 atom stereocenters. The van der Waals surface area contributed by atoms with Crippen molar-refractivity contribution in [2.75, 3.05) is 7.11 Å². The average molecular weight is 249 g/mol. The summed E-state index contributed by atoms with van der Waals surface area (Å²) < 4.78 is 4.71. The van der Waals surface area contributed by atoms with Crippen LogP contribution in [-0.2, 0) is 4.74 Å². The quantitative estimate of drug-likeness (QED) is 0.767. The van der Waals surface area contributed by atoms with Gasteiger partial charge in [-0.15, -0.1) is 0 Å². The van der Waals surface area contributed by atoms with Crippen LogP contribution in [0.25, 0.3) is 11.1 Å². The number of carbonyl (C=O) groups is 1. The highest BCUT2D eigenvalue weighted by Gasteiger charge is 2.17. The molecule has 4 nitrogen and oxygen atoms in total. The molecule has 5 heteroatoms. The fourth-order valence-corrected chi connectivity index (χ4v) is 1.72. The number of ether oxygens (including phenoxy) is 1. The standard InChI is InChI=1S/C12H9ClN2O2/c1-17-12(16)11-9(6-15-7-10(11)13)8-3-2-4-14-5-8/h2-7H,1H3. The lowest BCUT2D eigenvalue weighted by Gasteiger charge is -2.08. The molecule has 2 rings (SSSR count).